The summed E-state index contributed by atoms with van der Waals surface area (Å²) >= 11 is 0. The summed E-state index contributed by atoms with van der Waals surface area (Å²) in [5.41, 5.74) is 1.02. The minimum atomic E-state index is -4.50. The quantitative estimate of drug-likeness (QED) is 0.513. The molecule has 0 bridgehead atoms. The second-order valence-corrected chi connectivity index (χ2v) is 6.70. The van der Waals surface area contributed by atoms with Crippen molar-refractivity contribution in [3.8, 4) is 23.1 Å². The zero-order valence-corrected chi connectivity index (χ0v) is 16.8. The Bertz CT molecular complexity index is 1230. The number of halogens is 3. The third kappa shape index (κ3) is 4.06. The molecule has 1 N–H and O–H groups in total. The van der Waals surface area contributed by atoms with Gasteiger partial charge in [0.25, 0.3) is 0 Å². The molecule has 0 aliphatic heterocycles. The van der Waals surface area contributed by atoms with E-state index in [2.05, 4.69) is 25.4 Å². The number of rotatable bonds is 5. The van der Waals surface area contributed by atoms with Crippen LogP contribution in [0.4, 0.5) is 24.8 Å². The van der Waals surface area contributed by atoms with E-state index in [1.165, 1.54) is 30.0 Å². The van der Waals surface area contributed by atoms with Gasteiger partial charge in [0.05, 0.1) is 30.4 Å². The maximum Gasteiger partial charge on any atom is 0.418 e. The van der Waals surface area contributed by atoms with Crippen molar-refractivity contribution in [1.82, 2.24) is 29.3 Å². The highest BCUT2D eigenvalue weighted by atomic mass is 19.4. The smallest absolute Gasteiger partial charge is 0.418 e. The van der Waals surface area contributed by atoms with E-state index in [0.29, 0.717) is 17.3 Å². The van der Waals surface area contributed by atoms with Gasteiger partial charge in [0.2, 0.25) is 17.7 Å². The van der Waals surface area contributed by atoms with Crippen molar-refractivity contribution in [3.63, 3.8) is 0 Å². The summed E-state index contributed by atoms with van der Waals surface area (Å²) in [6.07, 6.45) is -1.02. The van der Waals surface area contributed by atoms with Gasteiger partial charge in [0, 0.05) is 13.2 Å². The molecule has 0 saturated heterocycles. The molecule has 0 radical (unpaired) electrons. The van der Waals surface area contributed by atoms with E-state index in [9.17, 15) is 13.2 Å². The summed E-state index contributed by atoms with van der Waals surface area (Å²) in [6, 6.07) is 8.66. The van der Waals surface area contributed by atoms with Gasteiger partial charge in [-0.15, -0.1) is 5.10 Å². The lowest BCUT2D eigenvalue weighted by atomic mass is 10.1. The van der Waals surface area contributed by atoms with Crippen LogP contribution in [0.1, 0.15) is 11.3 Å². The lowest BCUT2D eigenvalue weighted by Crippen LogP contribution is -2.10. The van der Waals surface area contributed by atoms with Gasteiger partial charge >= 0.3 is 6.18 Å². The molecule has 1 aromatic carbocycles. The monoisotopic (exact) mass is 429 g/mol. The second kappa shape index (κ2) is 7.74. The van der Waals surface area contributed by atoms with E-state index in [4.69, 9.17) is 4.74 Å². The van der Waals surface area contributed by atoms with E-state index in [-0.39, 0.29) is 17.5 Å². The van der Waals surface area contributed by atoms with Gasteiger partial charge in [0.1, 0.15) is 11.4 Å². The first kappa shape index (κ1) is 20.4. The average molecular weight is 429 g/mol. The summed E-state index contributed by atoms with van der Waals surface area (Å²) < 4.78 is 48.3. The Morgan fingerprint density at radius 3 is 2.52 bits per heavy atom. The molecular formula is C20H18F3N7O. The van der Waals surface area contributed by atoms with Crippen molar-refractivity contribution >= 4 is 11.6 Å². The second-order valence-electron chi connectivity index (χ2n) is 6.70. The van der Waals surface area contributed by atoms with E-state index in [1.54, 1.807) is 30.1 Å². The molecule has 0 spiro atoms. The molecule has 0 aliphatic rings. The Balaban J connectivity index is 1.67. The van der Waals surface area contributed by atoms with Crippen molar-refractivity contribution in [2.45, 2.75) is 13.1 Å². The van der Waals surface area contributed by atoms with Crippen LogP contribution in [0.5, 0.6) is 5.88 Å². The van der Waals surface area contributed by atoms with Gasteiger partial charge in [-0.05, 0) is 31.2 Å². The minimum absolute atomic E-state index is 0.117. The summed E-state index contributed by atoms with van der Waals surface area (Å²) in [7, 11) is 3.07. The number of pyridine rings is 1. The zero-order valence-electron chi connectivity index (χ0n) is 16.8. The average Bonchev–Trinajstić information content (AvgIpc) is 3.33. The molecule has 4 aromatic rings. The van der Waals surface area contributed by atoms with Gasteiger partial charge < -0.3 is 14.6 Å². The zero-order chi connectivity index (χ0) is 22.2. The Morgan fingerprint density at radius 1 is 1.06 bits per heavy atom. The van der Waals surface area contributed by atoms with Crippen molar-refractivity contribution < 1.29 is 17.9 Å². The van der Waals surface area contributed by atoms with Gasteiger partial charge in [-0.3, -0.25) is 0 Å². The molecule has 8 nitrogen and oxygen atoms in total. The molecule has 0 aliphatic carbocycles. The third-order valence-electron chi connectivity index (χ3n) is 4.49. The summed E-state index contributed by atoms with van der Waals surface area (Å²) in [4.78, 5) is 13.0. The minimum Gasteiger partial charge on any atom is -0.479 e. The fraction of sp³-hybridized carbons (Fsp3) is 0.200. The molecular weight excluding hydrogens is 411 g/mol. The lowest BCUT2D eigenvalue weighted by molar-refractivity contribution is -0.136. The topological polar surface area (TPSA) is 82.7 Å². The number of nitrogens with zero attached hydrogens (tertiary/aromatic N) is 6. The van der Waals surface area contributed by atoms with E-state index in [1.807, 2.05) is 13.1 Å². The highest BCUT2D eigenvalue weighted by Gasteiger charge is 2.33. The van der Waals surface area contributed by atoms with Crippen LogP contribution in [-0.2, 0) is 13.2 Å². The number of imidazole rings is 1. The molecule has 0 saturated carbocycles. The molecule has 11 heteroatoms. The molecule has 4 rings (SSSR count). The van der Waals surface area contributed by atoms with Crippen molar-refractivity contribution in [2.75, 3.05) is 12.4 Å². The summed E-state index contributed by atoms with van der Waals surface area (Å²) in [5, 5.41) is 6.98. The maximum atomic E-state index is 13.3. The molecule has 0 fully saturated rings. The standard InChI is InChI=1S/C20H18F3N7O/c1-12-10-30(11-24-12)16-9-8-15(25-18(16)31-3)17-27-19(29(2)28-17)26-14-7-5-4-6-13(14)20(21,22)23/h4-11H,1-3H3,(H,26,27,28). The fourth-order valence-electron chi connectivity index (χ4n) is 3.02. The number of methoxy groups -OCH3 is 1. The molecule has 0 amide bonds. The number of alkyl halides is 3. The fourth-order valence-corrected chi connectivity index (χ4v) is 3.02. The van der Waals surface area contributed by atoms with Crippen LogP contribution in [0, 0.1) is 6.92 Å². The molecule has 160 valence electrons. The molecule has 0 unspecified atom stereocenters. The predicted octanol–water partition coefficient (Wildman–Crippen LogP) is 4.14. The van der Waals surface area contributed by atoms with E-state index in [0.717, 1.165) is 11.8 Å². The third-order valence-corrected chi connectivity index (χ3v) is 4.49. The number of para-hydroxylation sites is 1. The number of hydrogen-bond donors (Lipinski definition) is 1. The first-order valence-corrected chi connectivity index (χ1v) is 9.17. The van der Waals surface area contributed by atoms with Gasteiger partial charge in [-0.25, -0.2) is 14.6 Å². The van der Waals surface area contributed by atoms with E-state index >= 15 is 0 Å². The molecule has 0 atom stereocenters. The Morgan fingerprint density at radius 2 is 1.84 bits per heavy atom. The number of aryl methyl sites for hydroxylation is 2. The van der Waals surface area contributed by atoms with Crippen LogP contribution in [0.2, 0.25) is 0 Å². The summed E-state index contributed by atoms with van der Waals surface area (Å²) in [5.74, 6) is 0.710. The van der Waals surface area contributed by atoms with E-state index < -0.39 is 11.7 Å². The van der Waals surface area contributed by atoms with Crippen LogP contribution in [0.3, 0.4) is 0 Å². The number of nitrogens with one attached hydrogen (secondary N) is 1. The number of benzene rings is 1. The van der Waals surface area contributed by atoms with Crippen LogP contribution in [0.15, 0.2) is 48.9 Å². The first-order chi connectivity index (χ1) is 14.8. The van der Waals surface area contributed by atoms with Gasteiger partial charge in [-0.2, -0.15) is 18.2 Å². The van der Waals surface area contributed by atoms with Crippen LogP contribution < -0.4 is 10.1 Å². The Labute approximate surface area is 175 Å². The van der Waals surface area contributed by atoms with Crippen LogP contribution in [-0.4, -0.2) is 36.4 Å². The largest absolute Gasteiger partial charge is 0.479 e. The van der Waals surface area contributed by atoms with Crippen molar-refractivity contribution in [3.05, 3.63) is 60.2 Å². The number of anilines is 2. The first-order valence-electron chi connectivity index (χ1n) is 9.17. The highest BCUT2D eigenvalue weighted by molar-refractivity contribution is 5.62. The number of hydrogen-bond acceptors (Lipinski definition) is 6. The van der Waals surface area contributed by atoms with Crippen molar-refractivity contribution in [1.29, 1.82) is 0 Å². The van der Waals surface area contributed by atoms with Crippen molar-refractivity contribution in [2.24, 2.45) is 7.05 Å². The van der Waals surface area contributed by atoms with Gasteiger partial charge in [-0.1, -0.05) is 12.1 Å². The molecule has 31 heavy (non-hydrogen) atoms. The lowest BCUT2D eigenvalue weighted by Gasteiger charge is -2.13. The summed E-state index contributed by atoms with van der Waals surface area (Å²) in [6.45, 7) is 1.87. The maximum absolute atomic E-state index is 13.3. The molecule has 3 heterocycles. The predicted molar refractivity (Wildman–Crippen MR) is 107 cm³/mol. The van der Waals surface area contributed by atoms with Gasteiger partial charge in [0.15, 0.2) is 0 Å². The SMILES string of the molecule is COc1nc(-c2nc(Nc3ccccc3C(F)(F)F)n(C)n2)ccc1-n1cnc(C)c1. The normalized spacial score (nSPS) is 11.5. The Hall–Kier alpha value is -3.89. The molecule has 3 aromatic heterocycles. The van der Waals surface area contributed by atoms with Crippen LogP contribution in [0.25, 0.3) is 17.2 Å². The highest BCUT2D eigenvalue weighted by Crippen LogP contribution is 2.35. The Kier molecular flexibility index (Phi) is 5.09. The number of aromatic nitrogens is 6. The van der Waals surface area contributed by atoms with Crippen LogP contribution >= 0.6 is 0 Å². The number of ether oxygens (including phenoxy) is 1.